The summed E-state index contributed by atoms with van der Waals surface area (Å²) in [6.45, 7) is 7.25. The van der Waals surface area contributed by atoms with Crippen LogP contribution >= 0.6 is 11.3 Å². The Labute approximate surface area is 114 Å². The van der Waals surface area contributed by atoms with Gasteiger partial charge < -0.3 is 10.6 Å². The van der Waals surface area contributed by atoms with E-state index in [4.69, 9.17) is 5.73 Å². The molecule has 0 amide bonds. The molecule has 98 valence electrons. The molecule has 1 saturated heterocycles. The lowest BCUT2D eigenvalue weighted by Crippen LogP contribution is -2.49. The third-order valence-corrected chi connectivity index (χ3v) is 4.24. The molecule has 1 unspecified atom stereocenters. The van der Waals surface area contributed by atoms with Crippen LogP contribution in [0.15, 0.2) is 11.4 Å². The van der Waals surface area contributed by atoms with Gasteiger partial charge in [0.1, 0.15) is 0 Å². The molecule has 1 atom stereocenters. The predicted molar refractivity (Wildman–Crippen MR) is 77.6 cm³/mol. The van der Waals surface area contributed by atoms with E-state index in [1.54, 1.807) is 11.3 Å². The maximum absolute atomic E-state index is 5.38. The molecule has 3 nitrogen and oxygen atoms in total. The van der Waals surface area contributed by atoms with Gasteiger partial charge in [-0.05, 0) is 20.0 Å². The van der Waals surface area contributed by atoms with E-state index in [2.05, 4.69) is 47.1 Å². The van der Waals surface area contributed by atoms with Crippen LogP contribution in [0.4, 0.5) is 0 Å². The molecule has 2 rings (SSSR count). The van der Waals surface area contributed by atoms with Crippen molar-refractivity contribution in [1.82, 2.24) is 9.80 Å². The highest BCUT2D eigenvalue weighted by Gasteiger charge is 2.21. The van der Waals surface area contributed by atoms with Crippen molar-refractivity contribution in [2.24, 2.45) is 5.73 Å². The fraction of sp³-hybridized carbons (Fsp3) is 0.571. The number of thiophene rings is 1. The molecular weight excluding hydrogens is 242 g/mol. The van der Waals surface area contributed by atoms with Crippen molar-refractivity contribution in [3.63, 3.8) is 0 Å². The van der Waals surface area contributed by atoms with E-state index in [0.717, 1.165) is 31.7 Å². The van der Waals surface area contributed by atoms with E-state index < -0.39 is 0 Å². The zero-order valence-corrected chi connectivity index (χ0v) is 12.0. The van der Waals surface area contributed by atoms with E-state index in [9.17, 15) is 0 Å². The summed E-state index contributed by atoms with van der Waals surface area (Å²) in [6, 6.07) is 2.82. The number of rotatable bonds is 2. The van der Waals surface area contributed by atoms with Crippen molar-refractivity contribution in [3.8, 4) is 11.8 Å². The van der Waals surface area contributed by atoms with E-state index >= 15 is 0 Å². The molecule has 2 heterocycles. The van der Waals surface area contributed by atoms with Crippen LogP contribution in [0, 0.1) is 11.8 Å². The van der Waals surface area contributed by atoms with Crippen LogP contribution in [0.2, 0.25) is 0 Å². The molecule has 1 aliphatic heterocycles. The Morgan fingerprint density at radius 1 is 1.50 bits per heavy atom. The normalized spacial score (nSPS) is 21.6. The Morgan fingerprint density at radius 3 is 3.06 bits per heavy atom. The average molecular weight is 263 g/mol. The Kier molecular flexibility index (Phi) is 4.79. The summed E-state index contributed by atoms with van der Waals surface area (Å²) in [6.07, 6.45) is 0. The number of hydrogen-bond acceptors (Lipinski definition) is 4. The zero-order valence-electron chi connectivity index (χ0n) is 11.1. The summed E-state index contributed by atoms with van der Waals surface area (Å²) in [5, 5.41) is 2.12. The van der Waals surface area contributed by atoms with Crippen LogP contribution in [0.3, 0.4) is 0 Å². The summed E-state index contributed by atoms with van der Waals surface area (Å²) in [7, 11) is 2.19. The van der Waals surface area contributed by atoms with Crippen LogP contribution in [-0.2, 0) is 6.54 Å². The largest absolute Gasteiger partial charge is 0.320 e. The molecule has 0 aromatic carbocycles. The maximum atomic E-state index is 5.38. The van der Waals surface area contributed by atoms with Gasteiger partial charge in [-0.25, -0.2) is 0 Å². The van der Waals surface area contributed by atoms with Gasteiger partial charge in [-0.1, -0.05) is 11.8 Å². The molecular formula is C14H21N3S. The minimum absolute atomic E-state index is 0.431. The quantitative estimate of drug-likeness (QED) is 0.814. The molecule has 1 fully saturated rings. The summed E-state index contributed by atoms with van der Waals surface area (Å²) in [5.41, 5.74) is 6.48. The summed E-state index contributed by atoms with van der Waals surface area (Å²) in [5.74, 6) is 5.99. The average Bonchev–Trinajstić information content (AvgIpc) is 2.78. The van der Waals surface area contributed by atoms with E-state index in [-0.39, 0.29) is 0 Å². The highest BCUT2D eigenvalue weighted by molar-refractivity contribution is 7.10. The van der Waals surface area contributed by atoms with Crippen molar-refractivity contribution < 1.29 is 0 Å². The minimum Gasteiger partial charge on any atom is -0.320 e. The van der Waals surface area contributed by atoms with E-state index in [1.165, 1.54) is 4.88 Å². The molecule has 1 aromatic rings. The lowest BCUT2D eigenvalue weighted by atomic mass is 10.2. The first-order valence-corrected chi connectivity index (χ1v) is 7.26. The van der Waals surface area contributed by atoms with Crippen LogP contribution < -0.4 is 5.73 Å². The van der Waals surface area contributed by atoms with Crippen LogP contribution in [0.25, 0.3) is 0 Å². The number of nitrogens with zero attached hydrogens (tertiary/aromatic N) is 2. The second-order valence-electron chi connectivity index (χ2n) is 4.89. The van der Waals surface area contributed by atoms with Crippen molar-refractivity contribution >= 4 is 11.3 Å². The van der Waals surface area contributed by atoms with Gasteiger partial charge in [0.05, 0.1) is 6.54 Å². The Morgan fingerprint density at radius 2 is 2.33 bits per heavy atom. The molecule has 18 heavy (non-hydrogen) atoms. The number of piperazine rings is 1. The van der Waals surface area contributed by atoms with Gasteiger partial charge in [0, 0.05) is 48.0 Å². The fourth-order valence-corrected chi connectivity index (χ4v) is 3.14. The second-order valence-corrected chi connectivity index (χ2v) is 5.89. The van der Waals surface area contributed by atoms with Crippen LogP contribution in [0.5, 0.6) is 0 Å². The first kappa shape index (κ1) is 13.6. The van der Waals surface area contributed by atoms with Crippen molar-refractivity contribution in [2.45, 2.75) is 19.5 Å². The Bertz CT molecular complexity index is 443. The molecule has 1 aromatic heterocycles. The molecule has 0 radical (unpaired) electrons. The first-order chi connectivity index (χ1) is 8.69. The van der Waals surface area contributed by atoms with Gasteiger partial charge in [-0.2, -0.15) is 0 Å². The van der Waals surface area contributed by atoms with Gasteiger partial charge in [-0.15, -0.1) is 11.3 Å². The Hall–Kier alpha value is -0.860. The minimum atomic E-state index is 0.431. The lowest BCUT2D eigenvalue weighted by molar-refractivity contribution is 0.0947. The number of hydrogen-bond donors (Lipinski definition) is 1. The first-order valence-electron chi connectivity index (χ1n) is 6.38. The van der Waals surface area contributed by atoms with Crippen molar-refractivity contribution in [1.29, 1.82) is 0 Å². The summed E-state index contributed by atoms with van der Waals surface area (Å²) >= 11 is 1.80. The summed E-state index contributed by atoms with van der Waals surface area (Å²) in [4.78, 5) is 6.34. The topological polar surface area (TPSA) is 32.5 Å². The molecule has 2 N–H and O–H groups in total. The molecule has 4 heteroatoms. The molecule has 0 bridgehead atoms. The highest BCUT2D eigenvalue weighted by atomic mass is 32.1. The van der Waals surface area contributed by atoms with Crippen molar-refractivity contribution in [3.05, 3.63) is 21.9 Å². The third-order valence-electron chi connectivity index (χ3n) is 3.32. The maximum Gasteiger partial charge on any atom is 0.0555 e. The van der Waals surface area contributed by atoms with Gasteiger partial charge >= 0.3 is 0 Å². The lowest BCUT2D eigenvalue weighted by Gasteiger charge is -2.37. The predicted octanol–water partition coefficient (Wildman–Crippen LogP) is 1.19. The second kappa shape index (κ2) is 6.35. The number of likely N-dealkylation sites (N-methyl/N-ethyl adjacent to an activating group) is 1. The van der Waals surface area contributed by atoms with Gasteiger partial charge in [0.15, 0.2) is 0 Å². The monoisotopic (exact) mass is 263 g/mol. The SMILES string of the molecule is CC1CN(C)CCN1Cc1cc(C#CCN)cs1. The number of nitrogens with two attached hydrogens (primary N) is 1. The van der Waals surface area contributed by atoms with Crippen LogP contribution in [0.1, 0.15) is 17.4 Å². The van der Waals surface area contributed by atoms with Gasteiger partial charge in [-0.3, -0.25) is 4.90 Å². The van der Waals surface area contributed by atoms with Crippen LogP contribution in [-0.4, -0.2) is 49.1 Å². The van der Waals surface area contributed by atoms with Gasteiger partial charge in [0.25, 0.3) is 0 Å². The molecule has 0 aliphatic carbocycles. The standard InChI is InChI=1S/C14H21N3S/c1-12-9-16(2)6-7-17(12)10-14-8-13(11-18-14)4-3-5-15/h8,11-12H,5-7,9-10,15H2,1-2H3. The smallest absolute Gasteiger partial charge is 0.0555 e. The van der Waals surface area contributed by atoms with Gasteiger partial charge in [0.2, 0.25) is 0 Å². The fourth-order valence-electron chi connectivity index (χ4n) is 2.29. The molecule has 1 aliphatic rings. The van der Waals surface area contributed by atoms with E-state index in [1.807, 2.05) is 0 Å². The van der Waals surface area contributed by atoms with E-state index in [0.29, 0.717) is 12.6 Å². The third kappa shape index (κ3) is 3.56. The summed E-state index contributed by atoms with van der Waals surface area (Å²) < 4.78 is 0. The molecule has 0 saturated carbocycles. The van der Waals surface area contributed by atoms with Crippen molar-refractivity contribution in [2.75, 3.05) is 33.2 Å². The zero-order chi connectivity index (χ0) is 13.0. The molecule has 0 spiro atoms. The highest BCUT2D eigenvalue weighted by Crippen LogP contribution is 2.19. The Balaban J connectivity index is 1.95.